The van der Waals surface area contributed by atoms with Crippen molar-refractivity contribution in [2.24, 2.45) is 5.92 Å². The number of ether oxygens (including phenoxy) is 1. The third-order valence-corrected chi connectivity index (χ3v) is 6.25. The number of aryl methyl sites for hydroxylation is 1. The molecule has 1 aliphatic carbocycles. The Morgan fingerprint density at radius 3 is 2.48 bits per heavy atom. The predicted octanol–water partition coefficient (Wildman–Crippen LogP) is 1.01. The Labute approximate surface area is 172 Å². The SMILES string of the molecule is Cc1ncc(C(=O)NC[C@@H]2CC[C@H](CC(=O)N3CCOCC3)N2CC2CC2)cn1. The molecule has 8 nitrogen and oxygen atoms in total. The number of carbonyl (C=O) groups is 2. The van der Waals surface area contributed by atoms with E-state index in [1.807, 2.05) is 4.90 Å². The molecule has 1 aromatic rings. The zero-order valence-electron chi connectivity index (χ0n) is 17.2. The summed E-state index contributed by atoms with van der Waals surface area (Å²) < 4.78 is 5.36. The van der Waals surface area contributed by atoms with Crippen LogP contribution in [0.15, 0.2) is 12.4 Å². The maximum atomic E-state index is 12.7. The quantitative estimate of drug-likeness (QED) is 0.734. The highest BCUT2D eigenvalue weighted by atomic mass is 16.5. The maximum absolute atomic E-state index is 12.7. The molecule has 1 aromatic heterocycles. The lowest BCUT2D eigenvalue weighted by atomic mass is 10.1. The minimum atomic E-state index is -0.135. The summed E-state index contributed by atoms with van der Waals surface area (Å²) in [4.78, 5) is 37.8. The number of nitrogens with one attached hydrogen (secondary N) is 1. The van der Waals surface area contributed by atoms with Gasteiger partial charge in [-0.1, -0.05) is 0 Å². The Balaban J connectivity index is 1.33. The highest BCUT2D eigenvalue weighted by Crippen LogP contribution is 2.35. The molecule has 2 aliphatic heterocycles. The first-order valence-corrected chi connectivity index (χ1v) is 10.8. The lowest BCUT2D eigenvalue weighted by Crippen LogP contribution is -2.47. The number of nitrogens with zero attached hydrogens (tertiary/aromatic N) is 4. The van der Waals surface area contributed by atoms with Crippen LogP contribution in [0.4, 0.5) is 0 Å². The topological polar surface area (TPSA) is 87.7 Å². The van der Waals surface area contributed by atoms with E-state index in [9.17, 15) is 9.59 Å². The van der Waals surface area contributed by atoms with E-state index in [1.54, 1.807) is 19.3 Å². The monoisotopic (exact) mass is 401 g/mol. The largest absolute Gasteiger partial charge is 0.378 e. The molecule has 3 aliphatic rings. The Bertz CT molecular complexity index is 716. The number of likely N-dealkylation sites (tertiary alicyclic amines) is 1. The standard InChI is InChI=1S/C21H31N5O3/c1-15-22-11-17(12-23-15)21(28)24-13-19-5-4-18(26(19)14-16-2-3-16)10-20(27)25-6-8-29-9-7-25/h11-12,16,18-19H,2-10,13-14H2,1H3,(H,24,28)/t18-,19+/m1/s1. The highest BCUT2D eigenvalue weighted by Gasteiger charge is 2.38. The number of carbonyl (C=O) groups excluding carboxylic acids is 2. The van der Waals surface area contributed by atoms with E-state index >= 15 is 0 Å². The van der Waals surface area contributed by atoms with Crippen molar-refractivity contribution in [2.75, 3.05) is 39.4 Å². The molecule has 1 saturated carbocycles. The molecule has 29 heavy (non-hydrogen) atoms. The van der Waals surface area contributed by atoms with E-state index in [2.05, 4.69) is 20.2 Å². The first kappa shape index (κ1) is 20.2. The number of hydrogen-bond donors (Lipinski definition) is 1. The van der Waals surface area contributed by atoms with Crippen LogP contribution in [0.1, 0.15) is 48.3 Å². The van der Waals surface area contributed by atoms with Crippen molar-refractivity contribution >= 4 is 11.8 Å². The first-order valence-electron chi connectivity index (χ1n) is 10.8. The van der Waals surface area contributed by atoms with Crippen molar-refractivity contribution in [3.63, 3.8) is 0 Å². The molecular weight excluding hydrogens is 370 g/mol. The van der Waals surface area contributed by atoms with E-state index in [0.717, 1.165) is 25.3 Å². The van der Waals surface area contributed by atoms with E-state index in [0.29, 0.717) is 50.7 Å². The van der Waals surface area contributed by atoms with Gasteiger partial charge in [0.2, 0.25) is 5.91 Å². The molecule has 0 bridgehead atoms. The molecule has 3 heterocycles. The fraction of sp³-hybridized carbons (Fsp3) is 0.714. The summed E-state index contributed by atoms with van der Waals surface area (Å²) in [6.07, 6.45) is 8.29. The number of aromatic nitrogens is 2. The lowest BCUT2D eigenvalue weighted by molar-refractivity contribution is -0.136. The van der Waals surface area contributed by atoms with Crippen LogP contribution in [0.2, 0.25) is 0 Å². The van der Waals surface area contributed by atoms with Crippen LogP contribution >= 0.6 is 0 Å². The van der Waals surface area contributed by atoms with Gasteiger partial charge in [-0.05, 0) is 38.5 Å². The van der Waals surface area contributed by atoms with Gasteiger partial charge in [0.25, 0.3) is 5.91 Å². The minimum absolute atomic E-state index is 0.135. The molecule has 2 atom stereocenters. The van der Waals surface area contributed by atoms with Gasteiger partial charge in [-0.15, -0.1) is 0 Å². The molecule has 0 radical (unpaired) electrons. The molecule has 2 amide bonds. The molecule has 3 fully saturated rings. The third-order valence-electron chi connectivity index (χ3n) is 6.25. The van der Waals surface area contributed by atoms with Gasteiger partial charge in [0, 0.05) is 57.1 Å². The number of morpholine rings is 1. The smallest absolute Gasteiger partial charge is 0.254 e. The Morgan fingerprint density at radius 1 is 1.10 bits per heavy atom. The van der Waals surface area contributed by atoms with Gasteiger partial charge in [0.1, 0.15) is 5.82 Å². The van der Waals surface area contributed by atoms with Crippen molar-refractivity contribution in [3.05, 3.63) is 23.8 Å². The van der Waals surface area contributed by atoms with E-state index in [4.69, 9.17) is 4.74 Å². The Kier molecular flexibility index (Phi) is 6.40. The molecular formula is C21H31N5O3. The zero-order chi connectivity index (χ0) is 20.2. The minimum Gasteiger partial charge on any atom is -0.378 e. The molecule has 0 unspecified atom stereocenters. The summed E-state index contributed by atoms with van der Waals surface area (Å²) in [7, 11) is 0. The van der Waals surface area contributed by atoms with Gasteiger partial charge >= 0.3 is 0 Å². The first-order chi connectivity index (χ1) is 14.1. The van der Waals surface area contributed by atoms with Crippen LogP contribution in [-0.4, -0.2) is 83.1 Å². The van der Waals surface area contributed by atoms with Gasteiger partial charge in [0.05, 0.1) is 18.8 Å². The van der Waals surface area contributed by atoms with E-state index in [-0.39, 0.29) is 23.9 Å². The number of rotatable bonds is 7. The van der Waals surface area contributed by atoms with Crippen molar-refractivity contribution < 1.29 is 14.3 Å². The highest BCUT2D eigenvalue weighted by molar-refractivity contribution is 5.93. The Hall–Kier alpha value is -2.06. The van der Waals surface area contributed by atoms with Gasteiger partial charge in [-0.2, -0.15) is 0 Å². The average molecular weight is 402 g/mol. The molecule has 8 heteroatoms. The van der Waals surface area contributed by atoms with Crippen LogP contribution in [0.5, 0.6) is 0 Å². The van der Waals surface area contributed by atoms with Crippen molar-refractivity contribution in [1.82, 2.24) is 25.1 Å². The van der Waals surface area contributed by atoms with Crippen LogP contribution in [0.25, 0.3) is 0 Å². The molecule has 0 aromatic carbocycles. The maximum Gasteiger partial charge on any atom is 0.254 e. The molecule has 4 rings (SSSR count). The van der Waals surface area contributed by atoms with Crippen LogP contribution in [0, 0.1) is 12.8 Å². The van der Waals surface area contributed by atoms with E-state index in [1.165, 1.54) is 12.8 Å². The second-order valence-electron chi connectivity index (χ2n) is 8.45. The summed E-state index contributed by atoms with van der Waals surface area (Å²) in [6.45, 7) is 6.11. The molecule has 2 saturated heterocycles. The summed E-state index contributed by atoms with van der Waals surface area (Å²) in [6, 6.07) is 0.559. The molecule has 158 valence electrons. The van der Waals surface area contributed by atoms with Gasteiger partial charge in [-0.25, -0.2) is 9.97 Å². The summed E-state index contributed by atoms with van der Waals surface area (Å²) in [5.74, 6) is 1.50. The fourth-order valence-electron chi connectivity index (χ4n) is 4.32. The van der Waals surface area contributed by atoms with Gasteiger partial charge in [-0.3, -0.25) is 14.5 Å². The van der Waals surface area contributed by atoms with Gasteiger partial charge < -0.3 is 15.0 Å². The second-order valence-corrected chi connectivity index (χ2v) is 8.45. The number of hydrogen-bond acceptors (Lipinski definition) is 6. The summed E-state index contributed by atoms with van der Waals surface area (Å²) in [5.41, 5.74) is 0.487. The van der Waals surface area contributed by atoms with Crippen molar-refractivity contribution in [2.45, 2.75) is 51.1 Å². The molecule has 1 N–H and O–H groups in total. The van der Waals surface area contributed by atoms with Crippen molar-refractivity contribution in [1.29, 1.82) is 0 Å². The van der Waals surface area contributed by atoms with E-state index < -0.39 is 0 Å². The molecule has 0 spiro atoms. The van der Waals surface area contributed by atoms with Crippen molar-refractivity contribution in [3.8, 4) is 0 Å². The normalized spacial score (nSPS) is 25.2. The lowest BCUT2D eigenvalue weighted by Gasteiger charge is -2.33. The third kappa shape index (κ3) is 5.30. The predicted molar refractivity (Wildman–Crippen MR) is 107 cm³/mol. The second kappa shape index (κ2) is 9.17. The summed E-state index contributed by atoms with van der Waals surface area (Å²) >= 11 is 0. The fourth-order valence-corrected chi connectivity index (χ4v) is 4.32. The summed E-state index contributed by atoms with van der Waals surface area (Å²) in [5, 5.41) is 3.05. The van der Waals surface area contributed by atoms with Crippen LogP contribution < -0.4 is 5.32 Å². The number of amides is 2. The van der Waals surface area contributed by atoms with Gasteiger partial charge in [0.15, 0.2) is 0 Å². The van der Waals surface area contributed by atoms with Crippen LogP contribution in [-0.2, 0) is 9.53 Å². The Morgan fingerprint density at radius 2 is 1.79 bits per heavy atom. The zero-order valence-corrected chi connectivity index (χ0v) is 17.2. The van der Waals surface area contributed by atoms with Crippen LogP contribution in [0.3, 0.4) is 0 Å². The average Bonchev–Trinajstić information content (AvgIpc) is 3.49.